The summed E-state index contributed by atoms with van der Waals surface area (Å²) in [6.45, 7) is 3.81. The molecule has 0 bridgehead atoms. The van der Waals surface area contributed by atoms with Gasteiger partial charge in [-0.25, -0.2) is 4.31 Å². The molecule has 1 saturated heterocycles. The normalized spacial score (nSPS) is 16.4. The second-order valence-electron chi connectivity index (χ2n) is 4.21. The summed E-state index contributed by atoms with van der Waals surface area (Å²) in [5.74, 6) is 0.315. The second kappa shape index (κ2) is 6.12. The predicted octanol–water partition coefficient (Wildman–Crippen LogP) is 2.00. The van der Waals surface area contributed by atoms with Crippen molar-refractivity contribution in [2.24, 2.45) is 0 Å². The van der Waals surface area contributed by atoms with E-state index in [2.05, 4.69) is 15.5 Å². The minimum absolute atomic E-state index is 0.00833. The molecule has 0 atom stereocenters. The zero-order valence-electron chi connectivity index (χ0n) is 11.0. The smallest absolute Gasteiger partial charge is 0.311 e. The van der Waals surface area contributed by atoms with Gasteiger partial charge in [0.05, 0.1) is 12.0 Å². The van der Waals surface area contributed by atoms with Crippen LogP contribution in [0.15, 0.2) is 18.2 Å². The third-order valence-electron chi connectivity index (χ3n) is 3.22. The van der Waals surface area contributed by atoms with Crippen molar-refractivity contribution >= 4 is 23.3 Å². The molecule has 1 aliphatic heterocycles. The Morgan fingerprint density at radius 2 is 2.00 bits per heavy atom. The summed E-state index contributed by atoms with van der Waals surface area (Å²) >= 11 is 1.75. The first-order valence-corrected chi connectivity index (χ1v) is 7.20. The Hall–Kier alpha value is -1.47. The van der Waals surface area contributed by atoms with Crippen LogP contribution in [0.1, 0.15) is 0 Å². The molecule has 1 aliphatic rings. The van der Waals surface area contributed by atoms with Gasteiger partial charge in [-0.3, -0.25) is 10.1 Å². The van der Waals surface area contributed by atoms with Gasteiger partial charge >= 0.3 is 5.69 Å². The maximum Gasteiger partial charge on any atom is 0.311 e. The van der Waals surface area contributed by atoms with E-state index in [4.69, 9.17) is 4.74 Å². The first-order valence-electron chi connectivity index (χ1n) is 6.02. The molecule has 6 nitrogen and oxygen atoms in total. The number of benzene rings is 1. The minimum atomic E-state index is -0.422. The quantitative estimate of drug-likeness (QED) is 0.478. The van der Waals surface area contributed by atoms with Crippen molar-refractivity contribution in [3.05, 3.63) is 28.3 Å². The molecule has 0 amide bonds. The molecule has 0 aromatic heterocycles. The Kier molecular flexibility index (Phi) is 4.49. The molecule has 0 saturated carbocycles. The maximum atomic E-state index is 10.9. The standard InChI is InChI=1S/C12H17N3O3S/c1-18-12-9-10(3-4-11(12)15(16)17)13-5-7-14(19-2)8-6-13/h3-4,9H,5-8H2,1-2H3. The fraction of sp³-hybridized carbons (Fsp3) is 0.500. The van der Waals surface area contributed by atoms with Gasteiger partial charge in [-0.05, 0) is 12.3 Å². The van der Waals surface area contributed by atoms with Crippen LogP contribution in [0, 0.1) is 10.1 Å². The number of ether oxygens (including phenoxy) is 1. The molecule has 2 rings (SSSR count). The van der Waals surface area contributed by atoms with Crippen LogP contribution in [0.25, 0.3) is 0 Å². The summed E-state index contributed by atoms with van der Waals surface area (Å²) in [6.07, 6.45) is 2.07. The lowest BCUT2D eigenvalue weighted by Crippen LogP contribution is -2.43. The number of hydrogen-bond acceptors (Lipinski definition) is 6. The van der Waals surface area contributed by atoms with Crippen molar-refractivity contribution in [3.8, 4) is 5.75 Å². The van der Waals surface area contributed by atoms with Crippen LogP contribution in [0.3, 0.4) is 0 Å². The zero-order chi connectivity index (χ0) is 13.8. The molecule has 0 unspecified atom stereocenters. The molecular formula is C12H17N3O3S. The van der Waals surface area contributed by atoms with Gasteiger partial charge in [0, 0.05) is 44.0 Å². The van der Waals surface area contributed by atoms with Gasteiger partial charge in [-0.1, -0.05) is 11.9 Å². The van der Waals surface area contributed by atoms with Gasteiger partial charge in [0.15, 0.2) is 5.75 Å². The Bertz CT molecular complexity index is 462. The second-order valence-corrected chi connectivity index (χ2v) is 5.09. The summed E-state index contributed by atoms with van der Waals surface area (Å²) in [5.41, 5.74) is 0.984. The van der Waals surface area contributed by atoms with E-state index < -0.39 is 4.92 Å². The molecule has 0 N–H and O–H groups in total. The molecule has 1 heterocycles. The molecule has 1 fully saturated rings. The van der Waals surface area contributed by atoms with Gasteiger partial charge in [0.25, 0.3) is 0 Å². The Morgan fingerprint density at radius 1 is 1.32 bits per heavy atom. The van der Waals surface area contributed by atoms with Crippen LogP contribution < -0.4 is 9.64 Å². The highest BCUT2D eigenvalue weighted by Gasteiger charge is 2.20. The van der Waals surface area contributed by atoms with Crippen molar-refractivity contribution in [2.75, 3.05) is 44.4 Å². The number of nitrogens with zero attached hydrogens (tertiary/aromatic N) is 3. The molecule has 0 aliphatic carbocycles. The van der Waals surface area contributed by atoms with E-state index in [1.807, 2.05) is 0 Å². The molecule has 19 heavy (non-hydrogen) atoms. The van der Waals surface area contributed by atoms with E-state index in [-0.39, 0.29) is 5.69 Å². The molecule has 0 radical (unpaired) electrons. The highest BCUT2D eigenvalue weighted by atomic mass is 32.2. The van der Waals surface area contributed by atoms with Crippen LogP contribution in [-0.4, -0.2) is 48.8 Å². The number of rotatable bonds is 4. The maximum absolute atomic E-state index is 10.9. The van der Waals surface area contributed by atoms with Gasteiger partial charge in [-0.2, -0.15) is 0 Å². The average Bonchev–Trinajstić information content (AvgIpc) is 2.46. The zero-order valence-corrected chi connectivity index (χ0v) is 11.9. The minimum Gasteiger partial charge on any atom is -0.490 e. The number of nitro groups is 1. The lowest BCUT2D eigenvalue weighted by molar-refractivity contribution is -0.385. The fourth-order valence-corrected chi connectivity index (χ4v) is 2.67. The predicted molar refractivity (Wildman–Crippen MR) is 76.9 cm³/mol. The van der Waals surface area contributed by atoms with Crippen LogP contribution in [0.4, 0.5) is 11.4 Å². The van der Waals surface area contributed by atoms with E-state index in [9.17, 15) is 10.1 Å². The lowest BCUT2D eigenvalue weighted by Gasteiger charge is -2.34. The number of nitro benzene ring substituents is 1. The molecule has 1 aromatic carbocycles. The topological polar surface area (TPSA) is 58.8 Å². The molecule has 7 heteroatoms. The van der Waals surface area contributed by atoms with E-state index in [1.165, 1.54) is 13.2 Å². The summed E-state index contributed by atoms with van der Waals surface area (Å²) in [6, 6.07) is 5.04. The molecule has 0 spiro atoms. The Labute approximate surface area is 116 Å². The third-order valence-corrected chi connectivity index (χ3v) is 4.10. The first kappa shape index (κ1) is 14.0. The van der Waals surface area contributed by atoms with Crippen LogP contribution in [0.5, 0.6) is 5.75 Å². The van der Waals surface area contributed by atoms with E-state index in [0.29, 0.717) is 5.75 Å². The fourth-order valence-electron chi connectivity index (χ4n) is 2.14. The highest BCUT2D eigenvalue weighted by molar-refractivity contribution is 7.96. The van der Waals surface area contributed by atoms with Gasteiger partial charge in [0.2, 0.25) is 0 Å². The largest absolute Gasteiger partial charge is 0.490 e. The van der Waals surface area contributed by atoms with Crippen molar-refractivity contribution < 1.29 is 9.66 Å². The molecule has 104 valence electrons. The summed E-state index contributed by atoms with van der Waals surface area (Å²) in [5, 5.41) is 10.9. The summed E-state index contributed by atoms with van der Waals surface area (Å²) in [4.78, 5) is 12.7. The van der Waals surface area contributed by atoms with Crippen LogP contribution in [-0.2, 0) is 0 Å². The lowest BCUT2D eigenvalue weighted by atomic mass is 10.2. The number of methoxy groups -OCH3 is 1. The van der Waals surface area contributed by atoms with Crippen molar-refractivity contribution in [2.45, 2.75) is 0 Å². The Morgan fingerprint density at radius 3 is 2.53 bits per heavy atom. The van der Waals surface area contributed by atoms with E-state index in [1.54, 1.807) is 24.1 Å². The first-order chi connectivity index (χ1) is 9.15. The van der Waals surface area contributed by atoms with E-state index >= 15 is 0 Å². The van der Waals surface area contributed by atoms with Crippen molar-refractivity contribution in [1.82, 2.24) is 4.31 Å². The van der Waals surface area contributed by atoms with Crippen molar-refractivity contribution in [1.29, 1.82) is 0 Å². The van der Waals surface area contributed by atoms with Gasteiger partial charge in [-0.15, -0.1) is 0 Å². The monoisotopic (exact) mass is 283 g/mol. The van der Waals surface area contributed by atoms with Crippen LogP contribution >= 0.6 is 11.9 Å². The number of anilines is 1. The number of hydrogen-bond donors (Lipinski definition) is 0. The number of piperazine rings is 1. The Balaban J connectivity index is 2.15. The third kappa shape index (κ3) is 3.10. The average molecular weight is 283 g/mol. The van der Waals surface area contributed by atoms with E-state index in [0.717, 1.165) is 31.9 Å². The van der Waals surface area contributed by atoms with Crippen LogP contribution in [0.2, 0.25) is 0 Å². The summed E-state index contributed by atoms with van der Waals surface area (Å²) < 4.78 is 7.40. The highest BCUT2D eigenvalue weighted by Crippen LogP contribution is 2.31. The van der Waals surface area contributed by atoms with Gasteiger partial charge < -0.3 is 9.64 Å². The SMILES string of the molecule is COc1cc(N2CCN(SC)CC2)ccc1[N+](=O)[O-]. The van der Waals surface area contributed by atoms with Crippen molar-refractivity contribution in [3.63, 3.8) is 0 Å². The molecule has 1 aromatic rings. The summed E-state index contributed by atoms with van der Waals surface area (Å²) in [7, 11) is 1.46. The van der Waals surface area contributed by atoms with Gasteiger partial charge in [0.1, 0.15) is 0 Å². The molecular weight excluding hydrogens is 266 g/mol.